The predicted molar refractivity (Wildman–Crippen MR) is 124 cm³/mol. The van der Waals surface area contributed by atoms with Crippen LogP contribution in [0.1, 0.15) is 52.8 Å². The Balaban J connectivity index is 2.02. The fourth-order valence-corrected chi connectivity index (χ4v) is 5.73. The van der Waals surface area contributed by atoms with Gasteiger partial charge in [0.2, 0.25) is 26.0 Å². The maximum absolute atomic E-state index is 12.9. The van der Waals surface area contributed by atoms with Crippen LogP contribution in [0, 0.1) is 34.6 Å². The molecule has 0 radical (unpaired) electrons. The van der Waals surface area contributed by atoms with Gasteiger partial charge in [0.05, 0.1) is 15.8 Å². The first kappa shape index (κ1) is 26.0. The largest absolute Gasteiger partial charge is 0.350 e. The molecule has 1 atom stereocenters. The molecule has 2 aromatic rings. The Morgan fingerprint density at radius 1 is 0.875 bits per heavy atom. The number of carbonyl (C=O) groups is 1. The second kappa shape index (κ2) is 9.70. The molecule has 0 spiro atoms. The van der Waals surface area contributed by atoms with Gasteiger partial charge >= 0.3 is 0 Å². The van der Waals surface area contributed by atoms with Gasteiger partial charge < -0.3 is 5.32 Å². The minimum absolute atomic E-state index is 0.0126. The van der Waals surface area contributed by atoms with Crippen LogP contribution in [0.5, 0.6) is 0 Å². The third kappa shape index (κ3) is 5.74. The van der Waals surface area contributed by atoms with E-state index in [1.54, 1.807) is 32.9 Å². The van der Waals surface area contributed by atoms with Crippen molar-refractivity contribution in [3.63, 3.8) is 0 Å². The van der Waals surface area contributed by atoms with Gasteiger partial charge in [-0.3, -0.25) is 4.79 Å². The summed E-state index contributed by atoms with van der Waals surface area (Å²) in [6, 6.07) is 5.50. The molecule has 0 aromatic heterocycles. The molecule has 10 heteroatoms. The standard InChI is InChI=1S/C22H31N3O5S2/c1-13-14(2)16(4)22(17(5)15(13)3)32(29,30)24-12-11-21(26)25-18(6)19-7-9-20(10-8-19)31(23,27)28/h7-10,18,24H,11-12H2,1-6H3,(H,25,26)(H2,23,27,28). The van der Waals surface area contributed by atoms with Crippen molar-refractivity contribution in [2.75, 3.05) is 6.54 Å². The van der Waals surface area contributed by atoms with Crippen LogP contribution in [0.4, 0.5) is 0 Å². The van der Waals surface area contributed by atoms with E-state index >= 15 is 0 Å². The van der Waals surface area contributed by atoms with E-state index in [0.717, 1.165) is 16.7 Å². The molecule has 4 N–H and O–H groups in total. The molecule has 176 valence electrons. The monoisotopic (exact) mass is 481 g/mol. The lowest BCUT2D eigenvalue weighted by molar-refractivity contribution is -0.121. The Labute approximate surface area is 190 Å². The normalized spacial score (nSPS) is 13.1. The van der Waals surface area contributed by atoms with E-state index < -0.39 is 20.0 Å². The predicted octanol–water partition coefficient (Wildman–Crippen LogP) is 2.42. The van der Waals surface area contributed by atoms with Crippen LogP contribution < -0.4 is 15.2 Å². The van der Waals surface area contributed by atoms with Crippen LogP contribution in [0.3, 0.4) is 0 Å². The molecule has 8 nitrogen and oxygen atoms in total. The van der Waals surface area contributed by atoms with Crippen LogP contribution in [-0.2, 0) is 24.8 Å². The number of rotatable bonds is 8. The zero-order chi connectivity index (χ0) is 24.4. The summed E-state index contributed by atoms with van der Waals surface area (Å²) >= 11 is 0. The quantitative estimate of drug-likeness (QED) is 0.532. The summed E-state index contributed by atoms with van der Waals surface area (Å²) in [6.07, 6.45) is -0.0409. The summed E-state index contributed by atoms with van der Waals surface area (Å²) in [5.41, 5.74) is 5.06. The third-order valence-corrected chi connectivity index (χ3v) is 8.59. The third-order valence-electron chi connectivity index (χ3n) is 5.93. The van der Waals surface area contributed by atoms with E-state index in [1.165, 1.54) is 12.1 Å². The number of nitrogens with one attached hydrogen (secondary N) is 2. The number of primary sulfonamides is 1. The molecule has 0 saturated heterocycles. The van der Waals surface area contributed by atoms with Crippen LogP contribution in [0.25, 0.3) is 0 Å². The van der Waals surface area contributed by atoms with Gasteiger partial charge in [0, 0.05) is 13.0 Å². The maximum atomic E-state index is 12.9. The summed E-state index contributed by atoms with van der Waals surface area (Å²) in [5, 5.41) is 7.86. The average molecular weight is 482 g/mol. The molecule has 1 unspecified atom stereocenters. The van der Waals surface area contributed by atoms with Crippen molar-refractivity contribution in [2.24, 2.45) is 5.14 Å². The number of hydrogen-bond acceptors (Lipinski definition) is 5. The second-order valence-electron chi connectivity index (χ2n) is 8.01. The SMILES string of the molecule is Cc1c(C)c(C)c(S(=O)(=O)NCCC(=O)NC(C)c2ccc(S(N)(=O)=O)cc2)c(C)c1C. The van der Waals surface area contributed by atoms with Crippen molar-refractivity contribution in [1.29, 1.82) is 0 Å². The van der Waals surface area contributed by atoms with Crippen molar-refractivity contribution in [3.05, 3.63) is 57.6 Å². The van der Waals surface area contributed by atoms with E-state index in [2.05, 4.69) is 10.0 Å². The highest BCUT2D eigenvalue weighted by Crippen LogP contribution is 2.29. The van der Waals surface area contributed by atoms with Crippen molar-refractivity contribution in [2.45, 2.75) is 63.8 Å². The fourth-order valence-electron chi connectivity index (χ4n) is 3.58. The Morgan fingerprint density at radius 3 is 1.81 bits per heavy atom. The van der Waals surface area contributed by atoms with Crippen molar-refractivity contribution < 1.29 is 21.6 Å². The molecule has 0 fully saturated rings. The number of sulfonamides is 2. The van der Waals surface area contributed by atoms with E-state index in [1.807, 2.05) is 20.8 Å². The summed E-state index contributed by atoms with van der Waals surface area (Å²) < 4.78 is 51.1. The first-order chi connectivity index (χ1) is 14.7. The Morgan fingerprint density at radius 2 is 1.34 bits per heavy atom. The molecule has 0 bridgehead atoms. The first-order valence-corrected chi connectivity index (χ1v) is 13.2. The lowest BCUT2D eigenvalue weighted by Gasteiger charge is -2.19. The lowest BCUT2D eigenvalue weighted by atomic mass is 9.95. The average Bonchev–Trinajstić information content (AvgIpc) is 2.70. The highest BCUT2D eigenvalue weighted by molar-refractivity contribution is 7.89. The Hall–Kier alpha value is -2.27. The van der Waals surface area contributed by atoms with Crippen molar-refractivity contribution in [3.8, 4) is 0 Å². The smallest absolute Gasteiger partial charge is 0.241 e. The van der Waals surface area contributed by atoms with Crippen LogP contribution in [-0.4, -0.2) is 29.3 Å². The van der Waals surface area contributed by atoms with Gasteiger partial charge in [-0.1, -0.05) is 12.1 Å². The van der Waals surface area contributed by atoms with E-state index in [9.17, 15) is 21.6 Å². The van der Waals surface area contributed by atoms with E-state index in [4.69, 9.17) is 5.14 Å². The molecule has 2 aromatic carbocycles. The molecule has 0 saturated carbocycles. The second-order valence-corrected chi connectivity index (χ2v) is 11.3. The van der Waals surface area contributed by atoms with Gasteiger partial charge in [-0.15, -0.1) is 0 Å². The lowest BCUT2D eigenvalue weighted by Crippen LogP contribution is -2.32. The highest BCUT2D eigenvalue weighted by Gasteiger charge is 2.23. The van der Waals surface area contributed by atoms with Crippen LogP contribution >= 0.6 is 0 Å². The zero-order valence-corrected chi connectivity index (χ0v) is 20.9. The Bertz CT molecular complexity index is 1210. The van der Waals surface area contributed by atoms with Gasteiger partial charge in [-0.25, -0.2) is 26.7 Å². The van der Waals surface area contributed by atoms with E-state index in [-0.39, 0.29) is 34.7 Å². The fraction of sp³-hybridized carbons (Fsp3) is 0.409. The minimum atomic E-state index is -3.78. The van der Waals surface area contributed by atoms with Gasteiger partial charge in [0.25, 0.3) is 0 Å². The number of hydrogen-bond donors (Lipinski definition) is 3. The van der Waals surface area contributed by atoms with E-state index in [0.29, 0.717) is 16.7 Å². The maximum Gasteiger partial charge on any atom is 0.241 e. The highest BCUT2D eigenvalue weighted by atomic mass is 32.2. The van der Waals surface area contributed by atoms with Crippen LogP contribution in [0.15, 0.2) is 34.1 Å². The van der Waals surface area contributed by atoms with Gasteiger partial charge in [0.1, 0.15) is 0 Å². The molecule has 2 rings (SSSR count). The molecule has 32 heavy (non-hydrogen) atoms. The van der Waals surface area contributed by atoms with Gasteiger partial charge in [-0.2, -0.15) is 0 Å². The molecule has 0 heterocycles. The number of nitrogens with two attached hydrogens (primary N) is 1. The summed E-state index contributed by atoms with van der Waals surface area (Å²) in [5.74, 6) is -0.333. The molecular weight excluding hydrogens is 450 g/mol. The molecule has 0 aliphatic heterocycles. The molecule has 0 aliphatic rings. The van der Waals surface area contributed by atoms with Crippen molar-refractivity contribution >= 4 is 26.0 Å². The zero-order valence-electron chi connectivity index (χ0n) is 19.2. The van der Waals surface area contributed by atoms with Crippen LogP contribution in [0.2, 0.25) is 0 Å². The molecule has 1 amide bonds. The Kier molecular flexibility index (Phi) is 7.87. The van der Waals surface area contributed by atoms with Gasteiger partial charge in [-0.05, 0) is 87.1 Å². The number of carbonyl (C=O) groups excluding carboxylic acids is 1. The molecular formula is C22H31N3O5S2. The number of amides is 1. The topological polar surface area (TPSA) is 135 Å². The first-order valence-electron chi connectivity index (χ1n) is 10.2. The summed E-state index contributed by atoms with van der Waals surface area (Å²) in [6.45, 7) is 11.1. The van der Waals surface area contributed by atoms with Gasteiger partial charge in [0.15, 0.2) is 0 Å². The summed E-state index contributed by atoms with van der Waals surface area (Å²) in [4.78, 5) is 12.6. The summed E-state index contributed by atoms with van der Waals surface area (Å²) in [7, 11) is -7.56. The van der Waals surface area contributed by atoms with Crippen molar-refractivity contribution in [1.82, 2.24) is 10.0 Å². The minimum Gasteiger partial charge on any atom is -0.350 e. The number of benzene rings is 2. The molecule has 0 aliphatic carbocycles.